The van der Waals surface area contributed by atoms with Crippen LogP contribution in [-0.4, -0.2) is 15.0 Å². The number of benzene rings is 8. The van der Waals surface area contributed by atoms with E-state index in [1.807, 2.05) is 36.4 Å². The maximum Gasteiger partial charge on any atom is 0.164 e. The van der Waals surface area contributed by atoms with Gasteiger partial charge >= 0.3 is 0 Å². The molecule has 9 aromatic rings. The lowest BCUT2D eigenvalue weighted by Crippen LogP contribution is -2.31. The summed E-state index contributed by atoms with van der Waals surface area (Å²) in [5.41, 5.74) is 16.7. The molecule has 0 spiro atoms. The Labute approximate surface area is 363 Å². The van der Waals surface area contributed by atoms with Gasteiger partial charge in [-0.2, -0.15) is 0 Å². The molecule has 2 aliphatic rings. The Morgan fingerprint density at radius 2 is 0.613 bits per heavy atom. The van der Waals surface area contributed by atoms with Gasteiger partial charge in [0, 0.05) is 38.9 Å². The van der Waals surface area contributed by atoms with Crippen LogP contribution in [0, 0.1) is 0 Å². The second-order valence-electron chi connectivity index (χ2n) is 17.3. The molecular weight excluding hydrogens is 755 g/mol. The molecule has 5 heteroatoms. The van der Waals surface area contributed by atoms with Crippen LogP contribution in [0.2, 0.25) is 0 Å². The van der Waals surface area contributed by atoms with Crippen molar-refractivity contribution >= 4 is 34.1 Å². The third-order valence-electron chi connectivity index (χ3n) is 12.9. The highest BCUT2D eigenvalue weighted by Crippen LogP contribution is 2.55. The maximum absolute atomic E-state index is 5.12. The fourth-order valence-corrected chi connectivity index (χ4v) is 9.59. The minimum atomic E-state index is -0.379. The van der Waals surface area contributed by atoms with Crippen molar-refractivity contribution in [1.29, 1.82) is 0 Å². The first-order valence-corrected chi connectivity index (χ1v) is 21.4. The van der Waals surface area contributed by atoms with Gasteiger partial charge in [-0.05, 0) is 106 Å². The van der Waals surface area contributed by atoms with Crippen molar-refractivity contribution in [3.63, 3.8) is 0 Å². The van der Waals surface area contributed by atoms with Gasteiger partial charge in [-0.1, -0.05) is 155 Å². The standard InChI is InChI=1S/C57H45N5/c1-56(2)45-27-17-18-28-49(45)61(43-23-13-7-14-24-43)50-32-29-40(35-46(50)56)41-30-33-51-47(36-41)57(3,4)48-37-42(31-34-52(48)62(51)44-25-15-8-16-26-44)55-59-53(38-19-9-5-10-20-38)58-54(60-55)39-21-11-6-12-22-39/h5-37H,1-4H3. The molecule has 298 valence electrons. The van der Waals surface area contributed by atoms with Crippen LogP contribution in [0.5, 0.6) is 0 Å². The summed E-state index contributed by atoms with van der Waals surface area (Å²) >= 11 is 0. The topological polar surface area (TPSA) is 45.2 Å². The molecule has 62 heavy (non-hydrogen) atoms. The molecule has 8 aromatic carbocycles. The summed E-state index contributed by atoms with van der Waals surface area (Å²) in [7, 11) is 0. The average Bonchev–Trinajstić information content (AvgIpc) is 3.33. The van der Waals surface area contributed by atoms with Crippen molar-refractivity contribution in [3.05, 3.63) is 222 Å². The van der Waals surface area contributed by atoms with E-state index in [9.17, 15) is 0 Å². The fourth-order valence-electron chi connectivity index (χ4n) is 9.59. The molecule has 0 radical (unpaired) electrons. The van der Waals surface area contributed by atoms with E-state index in [2.05, 4.69) is 201 Å². The van der Waals surface area contributed by atoms with E-state index in [-0.39, 0.29) is 10.8 Å². The second kappa shape index (κ2) is 14.5. The van der Waals surface area contributed by atoms with Gasteiger partial charge < -0.3 is 9.80 Å². The highest BCUT2D eigenvalue weighted by Gasteiger charge is 2.39. The molecule has 0 N–H and O–H groups in total. The number of rotatable bonds is 6. The third-order valence-corrected chi connectivity index (χ3v) is 12.9. The van der Waals surface area contributed by atoms with Gasteiger partial charge in [0.15, 0.2) is 17.5 Å². The minimum absolute atomic E-state index is 0.212. The van der Waals surface area contributed by atoms with Crippen molar-refractivity contribution in [2.45, 2.75) is 38.5 Å². The fraction of sp³-hybridized carbons (Fsp3) is 0.105. The zero-order valence-corrected chi connectivity index (χ0v) is 35.3. The molecule has 0 atom stereocenters. The van der Waals surface area contributed by atoms with Gasteiger partial charge in [0.1, 0.15) is 0 Å². The third kappa shape index (κ3) is 6.11. The molecule has 2 aliphatic heterocycles. The predicted octanol–water partition coefficient (Wildman–Crippen LogP) is 14.8. The number of anilines is 6. The molecule has 0 fully saturated rings. The van der Waals surface area contributed by atoms with E-state index >= 15 is 0 Å². The predicted molar refractivity (Wildman–Crippen MR) is 255 cm³/mol. The zero-order chi connectivity index (χ0) is 42.0. The van der Waals surface area contributed by atoms with Crippen LogP contribution in [0.3, 0.4) is 0 Å². The molecule has 1 aromatic heterocycles. The summed E-state index contributed by atoms with van der Waals surface area (Å²) < 4.78 is 0. The van der Waals surface area contributed by atoms with Crippen molar-refractivity contribution in [2.75, 3.05) is 9.80 Å². The lowest BCUT2D eigenvalue weighted by molar-refractivity contribution is 0.631. The Kier molecular flexibility index (Phi) is 8.76. The maximum atomic E-state index is 5.12. The van der Waals surface area contributed by atoms with Crippen molar-refractivity contribution in [2.24, 2.45) is 0 Å². The normalized spacial score (nSPS) is 14.3. The molecule has 0 amide bonds. The number of fused-ring (bicyclic) bond motifs is 4. The smallest absolute Gasteiger partial charge is 0.164 e. The van der Waals surface area contributed by atoms with E-state index in [4.69, 9.17) is 15.0 Å². The van der Waals surface area contributed by atoms with Crippen molar-refractivity contribution in [1.82, 2.24) is 15.0 Å². The Morgan fingerprint density at radius 1 is 0.290 bits per heavy atom. The molecule has 0 unspecified atom stereocenters. The lowest BCUT2D eigenvalue weighted by atomic mass is 9.71. The molecule has 0 saturated carbocycles. The first kappa shape index (κ1) is 37.4. The summed E-state index contributed by atoms with van der Waals surface area (Å²) in [6.45, 7) is 9.42. The Balaban J connectivity index is 1.06. The highest BCUT2D eigenvalue weighted by molar-refractivity contribution is 5.91. The van der Waals surface area contributed by atoms with Crippen LogP contribution in [0.1, 0.15) is 49.9 Å². The van der Waals surface area contributed by atoms with Crippen LogP contribution in [0.4, 0.5) is 34.1 Å². The molecule has 11 rings (SSSR count). The monoisotopic (exact) mass is 799 g/mol. The van der Waals surface area contributed by atoms with Gasteiger partial charge in [-0.25, -0.2) is 15.0 Å². The molecule has 5 nitrogen and oxygen atoms in total. The Morgan fingerprint density at radius 3 is 1.06 bits per heavy atom. The first-order chi connectivity index (χ1) is 30.3. The number of nitrogens with zero attached hydrogens (tertiary/aromatic N) is 5. The van der Waals surface area contributed by atoms with E-state index in [0.29, 0.717) is 17.5 Å². The molecule has 3 heterocycles. The summed E-state index contributed by atoms with van der Waals surface area (Å²) in [5.74, 6) is 1.94. The zero-order valence-electron chi connectivity index (χ0n) is 35.3. The van der Waals surface area contributed by atoms with Crippen LogP contribution in [0.15, 0.2) is 200 Å². The number of hydrogen-bond donors (Lipinski definition) is 0. The molecule has 0 saturated heterocycles. The summed E-state index contributed by atoms with van der Waals surface area (Å²) in [6, 6.07) is 71.4. The van der Waals surface area contributed by atoms with Gasteiger partial charge in [0.05, 0.1) is 22.7 Å². The summed E-state index contributed by atoms with van der Waals surface area (Å²) in [5, 5.41) is 0. The van der Waals surface area contributed by atoms with E-state index in [0.717, 1.165) is 33.8 Å². The van der Waals surface area contributed by atoms with Gasteiger partial charge in [0.25, 0.3) is 0 Å². The lowest BCUT2D eigenvalue weighted by Gasteiger charge is -2.43. The summed E-state index contributed by atoms with van der Waals surface area (Å²) in [4.78, 5) is 20.0. The number of aromatic nitrogens is 3. The first-order valence-electron chi connectivity index (χ1n) is 21.4. The van der Waals surface area contributed by atoms with Crippen molar-refractivity contribution in [3.8, 4) is 45.3 Å². The molecule has 0 bridgehead atoms. The Hall–Kier alpha value is -7.63. The van der Waals surface area contributed by atoms with Crippen LogP contribution < -0.4 is 9.80 Å². The second-order valence-corrected chi connectivity index (χ2v) is 17.3. The number of para-hydroxylation sites is 3. The van der Waals surface area contributed by atoms with E-state index in [1.165, 1.54) is 50.4 Å². The van der Waals surface area contributed by atoms with Crippen LogP contribution >= 0.6 is 0 Å². The largest absolute Gasteiger partial charge is 0.310 e. The van der Waals surface area contributed by atoms with E-state index in [1.54, 1.807) is 0 Å². The quantitative estimate of drug-likeness (QED) is 0.168. The SMILES string of the molecule is CC1(C)c2ccccc2N(c2ccccc2)c2ccc(-c3ccc4c(c3)C(C)(C)c3cc(-c5nc(-c6ccccc6)nc(-c6ccccc6)n5)ccc3N4c3ccccc3)cc21. The van der Waals surface area contributed by atoms with Crippen molar-refractivity contribution < 1.29 is 0 Å². The summed E-state index contributed by atoms with van der Waals surface area (Å²) in [6.07, 6.45) is 0. The van der Waals surface area contributed by atoms with E-state index < -0.39 is 0 Å². The van der Waals surface area contributed by atoms with Crippen LogP contribution in [-0.2, 0) is 10.8 Å². The molecular formula is C57H45N5. The highest BCUT2D eigenvalue weighted by atomic mass is 15.2. The number of hydrogen-bond acceptors (Lipinski definition) is 5. The average molecular weight is 800 g/mol. The van der Waals surface area contributed by atoms with Gasteiger partial charge in [-0.3, -0.25) is 0 Å². The van der Waals surface area contributed by atoms with Gasteiger partial charge in [-0.15, -0.1) is 0 Å². The minimum Gasteiger partial charge on any atom is -0.310 e. The van der Waals surface area contributed by atoms with Gasteiger partial charge in [0.2, 0.25) is 0 Å². The van der Waals surface area contributed by atoms with Crippen LogP contribution in [0.25, 0.3) is 45.3 Å². The Bertz CT molecular complexity index is 3070. The molecule has 0 aliphatic carbocycles.